The second kappa shape index (κ2) is 7.08. The van der Waals surface area contributed by atoms with E-state index in [0.29, 0.717) is 6.54 Å². The Hall–Kier alpha value is -1.84. The first-order valence-electron chi connectivity index (χ1n) is 6.82. The molecular formula is C17H21NO2. The summed E-state index contributed by atoms with van der Waals surface area (Å²) in [5.41, 5.74) is 3.43. The van der Waals surface area contributed by atoms with Gasteiger partial charge in [0.1, 0.15) is 5.75 Å². The van der Waals surface area contributed by atoms with Gasteiger partial charge in [-0.25, -0.2) is 0 Å². The van der Waals surface area contributed by atoms with Gasteiger partial charge in [0.2, 0.25) is 0 Å². The molecule has 1 unspecified atom stereocenters. The first-order valence-corrected chi connectivity index (χ1v) is 6.82. The Kier molecular flexibility index (Phi) is 5.16. The van der Waals surface area contributed by atoms with E-state index in [1.54, 1.807) is 14.0 Å². The van der Waals surface area contributed by atoms with E-state index in [0.717, 1.165) is 23.4 Å². The van der Waals surface area contributed by atoms with Gasteiger partial charge in [-0.05, 0) is 24.1 Å². The predicted octanol–water partition coefficient (Wildman–Crippen LogP) is 2.83. The first-order chi connectivity index (χ1) is 9.70. The van der Waals surface area contributed by atoms with Crippen LogP contribution in [0.3, 0.4) is 0 Å². The molecule has 0 spiro atoms. The minimum Gasteiger partial charge on any atom is -0.496 e. The second-order valence-corrected chi connectivity index (χ2v) is 4.88. The molecule has 2 aromatic carbocycles. The molecule has 0 amide bonds. The molecule has 2 aromatic rings. The van der Waals surface area contributed by atoms with Crippen molar-refractivity contribution in [1.82, 2.24) is 5.32 Å². The third-order valence-electron chi connectivity index (χ3n) is 3.14. The number of aliphatic hydroxyl groups is 1. The Labute approximate surface area is 120 Å². The van der Waals surface area contributed by atoms with Crippen molar-refractivity contribution in [3.63, 3.8) is 0 Å². The number of aliphatic hydroxyl groups excluding tert-OH is 1. The quantitative estimate of drug-likeness (QED) is 0.849. The van der Waals surface area contributed by atoms with E-state index in [-0.39, 0.29) is 6.10 Å². The van der Waals surface area contributed by atoms with Crippen molar-refractivity contribution >= 4 is 0 Å². The van der Waals surface area contributed by atoms with E-state index in [4.69, 9.17) is 4.74 Å². The van der Waals surface area contributed by atoms with Crippen LogP contribution in [-0.2, 0) is 6.54 Å². The molecule has 0 saturated heterocycles. The first kappa shape index (κ1) is 14.6. The third kappa shape index (κ3) is 3.83. The van der Waals surface area contributed by atoms with Gasteiger partial charge in [0, 0.05) is 18.7 Å². The molecule has 0 radical (unpaired) electrons. The highest BCUT2D eigenvalue weighted by Crippen LogP contribution is 2.29. The van der Waals surface area contributed by atoms with Crippen LogP contribution in [0.25, 0.3) is 11.1 Å². The molecule has 106 valence electrons. The Morgan fingerprint density at radius 1 is 1.10 bits per heavy atom. The molecule has 20 heavy (non-hydrogen) atoms. The van der Waals surface area contributed by atoms with Crippen molar-refractivity contribution in [2.45, 2.75) is 19.6 Å². The van der Waals surface area contributed by atoms with Gasteiger partial charge in [-0.2, -0.15) is 0 Å². The van der Waals surface area contributed by atoms with E-state index in [9.17, 15) is 5.11 Å². The fourth-order valence-electron chi connectivity index (χ4n) is 2.11. The highest BCUT2D eigenvalue weighted by atomic mass is 16.5. The van der Waals surface area contributed by atoms with Crippen LogP contribution in [0.2, 0.25) is 0 Å². The van der Waals surface area contributed by atoms with Crippen LogP contribution < -0.4 is 10.1 Å². The summed E-state index contributed by atoms with van der Waals surface area (Å²) in [6.07, 6.45) is -0.317. The van der Waals surface area contributed by atoms with E-state index in [2.05, 4.69) is 35.6 Å². The summed E-state index contributed by atoms with van der Waals surface area (Å²) in [7, 11) is 1.69. The van der Waals surface area contributed by atoms with Crippen LogP contribution in [-0.4, -0.2) is 24.9 Å². The lowest BCUT2D eigenvalue weighted by Crippen LogP contribution is -2.23. The van der Waals surface area contributed by atoms with E-state index < -0.39 is 0 Å². The Balaban J connectivity index is 2.08. The lowest BCUT2D eigenvalue weighted by Gasteiger charge is -2.10. The highest BCUT2D eigenvalue weighted by molar-refractivity contribution is 5.70. The summed E-state index contributed by atoms with van der Waals surface area (Å²) < 4.78 is 5.38. The van der Waals surface area contributed by atoms with Gasteiger partial charge in [-0.3, -0.25) is 0 Å². The maximum Gasteiger partial charge on any atom is 0.126 e. The molecule has 0 saturated carbocycles. The molecule has 0 aliphatic carbocycles. The summed E-state index contributed by atoms with van der Waals surface area (Å²) in [6, 6.07) is 16.4. The Morgan fingerprint density at radius 2 is 1.80 bits per heavy atom. The largest absolute Gasteiger partial charge is 0.496 e. The lowest BCUT2D eigenvalue weighted by atomic mass is 10.0. The molecule has 2 rings (SSSR count). The minimum absolute atomic E-state index is 0.317. The maximum atomic E-state index is 9.20. The van der Waals surface area contributed by atoms with Crippen molar-refractivity contribution in [2.75, 3.05) is 13.7 Å². The molecule has 3 heteroatoms. The van der Waals surface area contributed by atoms with Crippen molar-refractivity contribution in [1.29, 1.82) is 0 Å². The van der Waals surface area contributed by atoms with Crippen LogP contribution in [0.5, 0.6) is 5.75 Å². The topological polar surface area (TPSA) is 41.5 Å². The number of hydrogen-bond acceptors (Lipinski definition) is 3. The van der Waals surface area contributed by atoms with Crippen molar-refractivity contribution in [3.8, 4) is 16.9 Å². The standard InChI is InChI=1S/C17H21NO2/c1-13(19)11-18-12-14-7-9-15(10-8-14)16-5-3-4-6-17(16)20-2/h3-10,13,18-19H,11-12H2,1-2H3. The smallest absolute Gasteiger partial charge is 0.126 e. The third-order valence-corrected chi connectivity index (χ3v) is 3.14. The molecular weight excluding hydrogens is 250 g/mol. The Bertz CT molecular complexity index is 535. The molecule has 3 nitrogen and oxygen atoms in total. The van der Waals surface area contributed by atoms with Gasteiger partial charge in [-0.15, -0.1) is 0 Å². The van der Waals surface area contributed by atoms with Crippen molar-refractivity contribution < 1.29 is 9.84 Å². The average Bonchev–Trinajstić information content (AvgIpc) is 2.47. The number of benzene rings is 2. The summed E-state index contributed by atoms with van der Waals surface area (Å²) in [6.45, 7) is 3.14. The van der Waals surface area contributed by atoms with E-state index >= 15 is 0 Å². The highest BCUT2D eigenvalue weighted by Gasteiger charge is 2.04. The second-order valence-electron chi connectivity index (χ2n) is 4.88. The Morgan fingerprint density at radius 3 is 2.45 bits per heavy atom. The maximum absolute atomic E-state index is 9.20. The molecule has 0 fully saturated rings. The van der Waals surface area contributed by atoms with Gasteiger partial charge in [0.05, 0.1) is 13.2 Å². The van der Waals surface area contributed by atoms with E-state index in [1.165, 1.54) is 5.56 Å². The van der Waals surface area contributed by atoms with Crippen LogP contribution in [0, 0.1) is 0 Å². The number of nitrogens with one attached hydrogen (secondary N) is 1. The van der Waals surface area contributed by atoms with Crippen LogP contribution in [0.15, 0.2) is 48.5 Å². The zero-order chi connectivity index (χ0) is 14.4. The van der Waals surface area contributed by atoms with Gasteiger partial charge in [-0.1, -0.05) is 42.5 Å². The van der Waals surface area contributed by atoms with Crippen molar-refractivity contribution in [3.05, 3.63) is 54.1 Å². The molecule has 0 bridgehead atoms. The van der Waals surface area contributed by atoms with Gasteiger partial charge in [0.25, 0.3) is 0 Å². The van der Waals surface area contributed by atoms with Crippen LogP contribution in [0.1, 0.15) is 12.5 Å². The fraction of sp³-hybridized carbons (Fsp3) is 0.294. The monoisotopic (exact) mass is 271 g/mol. The molecule has 1 atom stereocenters. The van der Waals surface area contributed by atoms with Gasteiger partial charge in [0.15, 0.2) is 0 Å². The molecule has 0 aliphatic rings. The normalized spacial score (nSPS) is 12.2. The minimum atomic E-state index is -0.317. The summed E-state index contributed by atoms with van der Waals surface area (Å²) >= 11 is 0. The van der Waals surface area contributed by atoms with Crippen LogP contribution >= 0.6 is 0 Å². The number of hydrogen-bond donors (Lipinski definition) is 2. The number of methoxy groups -OCH3 is 1. The lowest BCUT2D eigenvalue weighted by molar-refractivity contribution is 0.191. The van der Waals surface area contributed by atoms with E-state index in [1.807, 2.05) is 18.2 Å². The number of ether oxygens (including phenoxy) is 1. The van der Waals surface area contributed by atoms with Gasteiger partial charge < -0.3 is 15.2 Å². The predicted molar refractivity (Wildman–Crippen MR) is 81.8 cm³/mol. The SMILES string of the molecule is COc1ccccc1-c1ccc(CNCC(C)O)cc1. The van der Waals surface area contributed by atoms with Crippen molar-refractivity contribution in [2.24, 2.45) is 0 Å². The fourth-order valence-corrected chi connectivity index (χ4v) is 2.11. The number of rotatable bonds is 6. The molecule has 0 aliphatic heterocycles. The average molecular weight is 271 g/mol. The zero-order valence-corrected chi connectivity index (χ0v) is 12.0. The summed E-state index contributed by atoms with van der Waals surface area (Å²) in [5.74, 6) is 0.882. The molecule has 0 heterocycles. The van der Waals surface area contributed by atoms with Crippen LogP contribution in [0.4, 0.5) is 0 Å². The van der Waals surface area contributed by atoms with Gasteiger partial charge >= 0.3 is 0 Å². The summed E-state index contributed by atoms with van der Waals surface area (Å²) in [4.78, 5) is 0. The summed E-state index contributed by atoms with van der Waals surface area (Å²) in [5, 5.41) is 12.4. The zero-order valence-electron chi connectivity index (χ0n) is 12.0. The molecule has 2 N–H and O–H groups in total. The number of para-hydroxylation sites is 1. The molecule has 0 aromatic heterocycles.